The van der Waals surface area contributed by atoms with Gasteiger partial charge in [0.2, 0.25) is 5.91 Å². The first-order valence-corrected chi connectivity index (χ1v) is 14.3. The molecule has 0 aliphatic carbocycles. The highest BCUT2D eigenvalue weighted by atomic mass is 19.1. The number of anilines is 3. The number of rotatable bonds is 13. The second-order valence-electron chi connectivity index (χ2n) is 11.1. The molecule has 1 heterocycles. The van der Waals surface area contributed by atoms with Crippen LogP contribution in [0.25, 0.3) is 0 Å². The van der Waals surface area contributed by atoms with Gasteiger partial charge in [0.05, 0.1) is 30.9 Å². The van der Waals surface area contributed by atoms with Gasteiger partial charge in [-0.1, -0.05) is 44.2 Å². The van der Waals surface area contributed by atoms with Gasteiger partial charge in [-0.05, 0) is 60.4 Å². The number of ether oxygens (including phenoxy) is 1. The van der Waals surface area contributed by atoms with E-state index < -0.39 is 36.1 Å². The van der Waals surface area contributed by atoms with Gasteiger partial charge in [-0.2, -0.15) is 0 Å². The number of halogens is 1. The van der Waals surface area contributed by atoms with E-state index in [2.05, 4.69) is 10.6 Å². The van der Waals surface area contributed by atoms with Crippen LogP contribution in [0, 0.1) is 11.7 Å². The minimum absolute atomic E-state index is 0.0536. The van der Waals surface area contributed by atoms with Crippen LogP contribution in [-0.4, -0.2) is 66.0 Å². The summed E-state index contributed by atoms with van der Waals surface area (Å²) in [6, 6.07) is 19.2. The maximum atomic E-state index is 14.7. The summed E-state index contributed by atoms with van der Waals surface area (Å²) in [7, 11) is 0. The normalized spacial score (nSPS) is 16.0. The summed E-state index contributed by atoms with van der Waals surface area (Å²) in [5.41, 5.74) is 7.40. The average Bonchev–Trinajstić information content (AvgIpc) is 3.36. The van der Waals surface area contributed by atoms with Crippen molar-refractivity contribution in [2.24, 2.45) is 5.92 Å². The number of nitrogens with two attached hydrogens (primary N) is 1. The van der Waals surface area contributed by atoms with Gasteiger partial charge in [-0.15, -0.1) is 5.06 Å². The summed E-state index contributed by atoms with van der Waals surface area (Å²) in [6.45, 7) is 5.62. The summed E-state index contributed by atoms with van der Waals surface area (Å²) >= 11 is 0. The van der Waals surface area contributed by atoms with Crippen molar-refractivity contribution in [2.75, 3.05) is 35.6 Å². The monoisotopic (exact) mass is 607 g/mol. The van der Waals surface area contributed by atoms with Crippen molar-refractivity contribution < 1.29 is 33.5 Å². The van der Waals surface area contributed by atoms with Crippen molar-refractivity contribution in [2.45, 2.75) is 45.4 Å². The number of hydroxylamine groups is 2. The number of nitrogens with zero attached hydrogens (tertiary/aromatic N) is 2. The molecule has 1 aliphatic heterocycles. The maximum Gasteiger partial charge on any atom is 0.415 e. The van der Waals surface area contributed by atoms with Crippen molar-refractivity contribution in [3.63, 3.8) is 0 Å². The molecule has 1 fully saturated rings. The number of cyclic esters (lactones) is 1. The Kier molecular flexibility index (Phi) is 10.7. The number of carbonyl (C=O) groups is 3. The Labute approximate surface area is 255 Å². The van der Waals surface area contributed by atoms with E-state index in [1.165, 1.54) is 19.1 Å². The Bertz CT molecular complexity index is 1440. The smallest absolute Gasteiger partial charge is 0.415 e. The fourth-order valence-corrected chi connectivity index (χ4v) is 4.79. The first-order chi connectivity index (χ1) is 21.0. The molecular weight excluding hydrogens is 569 g/mol. The molecule has 0 aromatic heterocycles. The van der Waals surface area contributed by atoms with E-state index in [1.807, 2.05) is 44.2 Å². The fourth-order valence-electron chi connectivity index (χ4n) is 4.79. The largest absolute Gasteiger partial charge is 0.434 e. The Balaban J connectivity index is 1.49. The molecule has 234 valence electrons. The van der Waals surface area contributed by atoms with E-state index in [-0.39, 0.29) is 42.7 Å². The molecule has 3 unspecified atom stereocenters. The third kappa shape index (κ3) is 8.91. The first kappa shape index (κ1) is 32.2. The van der Waals surface area contributed by atoms with Crippen molar-refractivity contribution >= 4 is 35.0 Å². The third-order valence-electron chi connectivity index (χ3n) is 6.83. The molecule has 0 radical (unpaired) electrons. The van der Waals surface area contributed by atoms with Gasteiger partial charge < -0.3 is 31.0 Å². The van der Waals surface area contributed by atoms with E-state index in [1.54, 1.807) is 29.3 Å². The zero-order valence-electron chi connectivity index (χ0n) is 24.9. The maximum absolute atomic E-state index is 14.7. The Morgan fingerprint density at radius 2 is 1.82 bits per heavy atom. The number of amides is 3. The van der Waals surface area contributed by atoms with Crippen LogP contribution in [0.2, 0.25) is 0 Å². The van der Waals surface area contributed by atoms with Crippen LogP contribution in [0.5, 0.6) is 5.75 Å². The number of benzene rings is 3. The standard InChI is InChI=1S/C32H38FN5O6/c1-20(2)17-37(44-25-12-9-23(34)10-13-25)18-29(40)27(15-22-7-5-4-6-8-22)36-31(41)30-19-38(32(42)43-30)28-16-24(35-21(3)39)11-14-26(28)33/h4-14,16,20,27,29-30,40H,15,17-19,34H2,1-3H3,(H,35,39)(H,36,41). The minimum atomic E-state index is -1.27. The predicted molar refractivity (Wildman–Crippen MR) is 164 cm³/mol. The van der Waals surface area contributed by atoms with Crippen LogP contribution < -0.4 is 26.1 Å². The van der Waals surface area contributed by atoms with E-state index in [0.717, 1.165) is 16.5 Å². The molecule has 0 spiro atoms. The van der Waals surface area contributed by atoms with Crippen molar-refractivity contribution in [3.8, 4) is 5.75 Å². The van der Waals surface area contributed by atoms with Crippen molar-refractivity contribution in [1.29, 1.82) is 0 Å². The predicted octanol–water partition coefficient (Wildman–Crippen LogP) is 3.73. The molecule has 3 aromatic rings. The molecule has 3 amide bonds. The van der Waals surface area contributed by atoms with E-state index in [9.17, 15) is 23.9 Å². The van der Waals surface area contributed by atoms with Crippen LogP contribution >= 0.6 is 0 Å². The molecule has 1 saturated heterocycles. The molecular formula is C32H38FN5O6. The van der Waals surface area contributed by atoms with Crippen molar-refractivity contribution in [1.82, 2.24) is 10.4 Å². The highest BCUT2D eigenvalue weighted by molar-refractivity contribution is 5.97. The Hall–Kier alpha value is -4.68. The lowest BCUT2D eigenvalue weighted by atomic mass is 10.0. The first-order valence-electron chi connectivity index (χ1n) is 14.3. The average molecular weight is 608 g/mol. The van der Waals surface area contributed by atoms with Gasteiger partial charge in [0.25, 0.3) is 5.91 Å². The van der Waals surface area contributed by atoms with Gasteiger partial charge in [-0.3, -0.25) is 14.5 Å². The highest BCUT2D eigenvalue weighted by Gasteiger charge is 2.39. The van der Waals surface area contributed by atoms with Crippen LogP contribution in [0.4, 0.5) is 26.2 Å². The number of hydrogen-bond donors (Lipinski definition) is 4. The lowest BCUT2D eigenvalue weighted by Gasteiger charge is -2.31. The lowest BCUT2D eigenvalue weighted by molar-refractivity contribution is -0.131. The lowest BCUT2D eigenvalue weighted by Crippen LogP contribution is -2.53. The van der Waals surface area contributed by atoms with Gasteiger partial charge in [0.15, 0.2) is 6.10 Å². The number of hydrogen-bond acceptors (Lipinski definition) is 8. The van der Waals surface area contributed by atoms with Gasteiger partial charge in [-0.25, -0.2) is 9.18 Å². The Morgan fingerprint density at radius 3 is 2.48 bits per heavy atom. The van der Waals surface area contributed by atoms with Crippen LogP contribution in [0.1, 0.15) is 26.3 Å². The van der Waals surface area contributed by atoms with E-state index in [4.69, 9.17) is 15.3 Å². The SMILES string of the molecule is CC(=O)Nc1ccc(F)c(N2CC(C(=O)NC(Cc3ccccc3)C(O)CN(CC(C)C)Oc3ccc(N)cc3)OC2=O)c1. The second-order valence-corrected chi connectivity index (χ2v) is 11.1. The summed E-state index contributed by atoms with van der Waals surface area (Å²) in [5.74, 6) is -0.984. The molecule has 4 rings (SSSR count). The van der Waals surface area contributed by atoms with Gasteiger partial charge in [0.1, 0.15) is 11.6 Å². The Morgan fingerprint density at radius 1 is 1.11 bits per heavy atom. The molecule has 44 heavy (non-hydrogen) atoms. The van der Waals surface area contributed by atoms with Gasteiger partial charge in [0, 0.05) is 24.8 Å². The van der Waals surface area contributed by atoms with Crippen LogP contribution in [0.15, 0.2) is 72.8 Å². The number of nitrogen functional groups attached to an aromatic ring is 1. The van der Waals surface area contributed by atoms with Crippen molar-refractivity contribution in [3.05, 3.63) is 84.2 Å². The molecule has 0 bridgehead atoms. The highest BCUT2D eigenvalue weighted by Crippen LogP contribution is 2.28. The van der Waals surface area contributed by atoms with Crippen LogP contribution in [0.3, 0.4) is 0 Å². The third-order valence-corrected chi connectivity index (χ3v) is 6.83. The second kappa shape index (κ2) is 14.7. The number of aliphatic hydroxyl groups excluding tert-OH is 1. The topological polar surface area (TPSA) is 146 Å². The molecule has 11 nitrogen and oxygen atoms in total. The zero-order chi connectivity index (χ0) is 31.8. The van der Waals surface area contributed by atoms with Crippen LogP contribution in [-0.2, 0) is 20.7 Å². The molecule has 3 atom stereocenters. The van der Waals surface area contributed by atoms with Gasteiger partial charge >= 0.3 is 6.09 Å². The summed E-state index contributed by atoms with van der Waals surface area (Å²) in [4.78, 5) is 44.6. The number of aliphatic hydroxyl groups is 1. The van der Waals surface area contributed by atoms with E-state index in [0.29, 0.717) is 18.0 Å². The van der Waals surface area contributed by atoms with E-state index >= 15 is 0 Å². The molecule has 3 aromatic carbocycles. The molecule has 0 saturated carbocycles. The summed E-state index contributed by atoms with van der Waals surface area (Å²) in [6.07, 6.45) is -2.99. The number of carbonyl (C=O) groups excluding carboxylic acids is 3. The minimum Gasteiger partial charge on any atom is -0.434 e. The fraction of sp³-hybridized carbons (Fsp3) is 0.344. The molecule has 12 heteroatoms. The molecule has 1 aliphatic rings. The zero-order valence-corrected chi connectivity index (χ0v) is 24.9. The number of nitrogens with one attached hydrogen (secondary N) is 2. The summed E-state index contributed by atoms with van der Waals surface area (Å²) < 4.78 is 20.0. The molecule has 5 N–H and O–H groups in total. The summed E-state index contributed by atoms with van der Waals surface area (Å²) in [5, 5.41) is 18.4. The quantitative estimate of drug-likeness (QED) is 0.170.